The Morgan fingerprint density at radius 3 is 2.53 bits per heavy atom. The zero-order chi connectivity index (χ0) is 12.5. The normalized spacial score (nSPS) is 11.8. The standard InChI is InChI=1S/C12H16N4S/c1-12(2,3)17-10-8-6-4-5-7-9(8)14-11(15-10)16-13/h4-7H,13H2,1-3H3,(H,14,15,16). The van der Waals surface area contributed by atoms with Gasteiger partial charge in [-0.1, -0.05) is 50.7 Å². The monoisotopic (exact) mass is 248 g/mol. The Balaban J connectivity index is 2.58. The minimum Gasteiger partial charge on any atom is -0.292 e. The van der Waals surface area contributed by atoms with Crippen LogP contribution < -0.4 is 11.3 Å². The van der Waals surface area contributed by atoms with Crippen molar-refractivity contribution in [2.24, 2.45) is 5.84 Å². The summed E-state index contributed by atoms with van der Waals surface area (Å²) < 4.78 is 0.100. The first kappa shape index (κ1) is 12.1. The van der Waals surface area contributed by atoms with Crippen LogP contribution in [0, 0.1) is 0 Å². The Bertz CT molecular complexity index is 534. The van der Waals surface area contributed by atoms with Crippen molar-refractivity contribution in [3.8, 4) is 0 Å². The second kappa shape index (κ2) is 4.50. The number of benzene rings is 1. The number of nitrogens with zero attached hydrogens (tertiary/aromatic N) is 2. The van der Waals surface area contributed by atoms with Crippen LogP contribution in [-0.4, -0.2) is 14.7 Å². The first-order chi connectivity index (χ1) is 7.99. The lowest BCUT2D eigenvalue weighted by Crippen LogP contribution is -2.13. The number of hydrogen-bond donors (Lipinski definition) is 2. The first-order valence-corrected chi connectivity index (χ1v) is 6.24. The molecule has 0 fully saturated rings. The van der Waals surface area contributed by atoms with Crippen molar-refractivity contribution in [3.63, 3.8) is 0 Å². The molecule has 0 bridgehead atoms. The number of aromatic nitrogens is 2. The maximum absolute atomic E-state index is 5.39. The molecule has 0 atom stereocenters. The molecule has 0 aliphatic heterocycles. The number of thioether (sulfide) groups is 1. The van der Waals surface area contributed by atoms with Gasteiger partial charge in [-0.25, -0.2) is 15.8 Å². The van der Waals surface area contributed by atoms with Crippen LogP contribution in [0.5, 0.6) is 0 Å². The molecular weight excluding hydrogens is 232 g/mol. The van der Waals surface area contributed by atoms with Crippen molar-refractivity contribution in [2.45, 2.75) is 30.5 Å². The topological polar surface area (TPSA) is 63.8 Å². The number of anilines is 1. The Morgan fingerprint density at radius 2 is 1.88 bits per heavy atom. The highest BCUT2D eigenvalue weighted by Crippen LogP contribution is 2.35. The summed E-state index contributed by atoms with van der Waals surface area (Å²) in [5, 5.41) is 2.02. The van der Waals surface area contributed by atoms with Gasteiger partial charge >= 0.3 is 0 Å². The minimum atomic E-state index is 0.100. The molecule has 0 spiro atoms. The molecule has 0 saturated carbocycles. The number of hydrogen-bond acceptors (Lipinski definition) is 5. The molecule has 0 radical (unpaired) electrons. The predicted molar refractivity (Wildman–Crippen MR) is 73.0 cm³/mol. The van der Waals surface area contributed by atoms with Gasteiger partial charge in [0.25, 0.3) is 0 Å². The van der Waals surface area contributed by atoms with Crippen molar-refractivity contribution in [1.82, 2.24) is 9.97 Å². The molecular formula is C12H16N4S. The number of nitrogens with two attached hydrogens (primary N) is 1. The van der Waals surface area contributed by atoms with Gasteiger partial charge in [0.2, 0.25) is 5.95 Å². The third-order valence-corrected chi connectivity index (χ3v) is 3.22. The summed E-state index contributed by atoms with van der Waals surface area (Å²) in [5.74, 6) is 5.84. The lowest BCUT2D eigenvalue weighted by atomic mass is 10.2. The van der Waals surface area contributed by atoms with E-state index in [2.05, 4.69) is 36.2 Å². The van der Waals surface area contributed by atoms with E-state index in [1.165, 1.54) is 0 Å². The number of fused-ring (bicyclic) bond motifs is 1. The number of para-hydroxylation sites is 1. The van der Waals surface area contributed by atoms with Crippen LogP contribution in [0.2, 0.25) is 0 Å². The van der Waals surface area contributed by atoms with E-state index in [0.717, 1.165) is 15.9 Å². The van der Waals surface area contributed by atoms with Crippen LogP contribution in [-0.2, 0) is 0 Å². The number of rotatable bonds is 2. The minimum absolute atomic E-state index is 0.100. The Labute approximate surface area is 105 Å². The zero-order valence-corrected chi connectivity index (χ0v) is 11.0. The summed E-state index contributed by atoms with van der Waals surface area (Å²) in [6, 6.07) is 7.95. The molecule has 0 aliphatic rings. The van der Waals surface area contributed by atoms with Crippen molar-refractivity contribution >= 4 is 28.6 Å². The van der Waals surface area contributed by atoms with Crippen molar-refractivity contribution in [2.75, 3.05) is 5.43 Å². The first-order valence-electron chi connectivity index (χ1n) is 5.42. The summed E-state index contributed by atoms with van der Waals surface area (Å²) >= 11 is 1.71. The molecule has 4 nitrogen and oxygen atoms in total. The molecule has 2 aromatic rings. The Morgan fingerprint density at radius 1 is 1.18 bits per heavy atom. The lowest BCUT2D eigenvalue weighted by molar-refractivity contribution is 0.800. The van der Waals surface area contributed by atoms with E-state index in [4.69, 9.17) is 5.84 Å². The molecule has 90 valence electrons. The van der Waals surface area contributed by atoms with E-state index < -0.39 is 0 Å². The van der Waals surface area contributed by atoms with Gasteiger partial charge in [0.15, 0.2) is 0 Å². The molecule has 3 N–H and O–H groups in total. The number of nitrogens with one attached hydrogen (secondary N) is 1. The molecule has 0 aliphatic carbocycles. The van der Waals surface area contributed by atoms with E-state index in [9.17, 15) is 0 Å². The average molecular weight is 248 g/mol. The van der Waals surface area contributed by atoms with E-state index in [1.54, 1.807) is 11.8 Å². The van der Waals surface area contributed by atoms with E-state index in [-0.39, 0.29) is 4.75 Å². The highest BCUT2D eigenvalue weighted by atomic mass is 32.2. The smallest absolute Gasteiger partial charge is 0.238 e. The van der Waals surface area contributed by atoms with E-state index in [0.29, 0.717) is 5.95 Å². The fourth-order valence-corrected chi connectivity index (χ4v) is 2.47. The summed E-state index contributed by atoms with van der Waals surface area (Å²) in [6.45, 7) is 6.47. The van der Waals surface area contributed by atoms with Crippen LogP contribution >= 0.6 is 11.8 Å². The summed E-state index contributed by atoms with van der Waals surface area (Å²) in [7, 11) is 0. The lowest BCUT2D eigenvalue weighted by Gasteiger charge is -2.18. The molecule has 2 rings (SSSR count). The zero-order valence-electron chi connectivity index (χ0n) is 10.2. The van der Waals surface area contributed by atoms with E-state index >= 15 is 0 Å². The van der Waals surface area contributed by atoms with Gasteiger partial charge in [-0.05, 0) is 6.07 Å². The van der Waals surface area contributed by atoms with Gasteiger partial charge in [0.05, 0.1) is 5.52 Å². The van der Waals surface area contributed by atoms with Gasteiger partial charge in [-0.2, -0.15) is 0 Å². The maximum atomic E-state index is 5.39. The molecule has 0 saturated heterocycles. The fourth-order valence-electron chi connectivity index (χ4n) is 1.48. The van der Waals surface area contributed by atoms with Crippen molar-refractivity contribution < 1.29 is 0 Å². The average Bonchev–Trinajstić information content (AvgIpc) is 2.26. The van der Waals surface area contributed by atoms with Gasteiger partial charge in [-0.15, -0.1) is 0 Å². The largest absolute Gasteiger partial charge is 0.292 e. The Kier molecular flexibility index (Phi) is 3.22. The summed E-state index contributed by atoms with van der Waals surface area (Å²) in [4.78, 5) is 8.74. The second-order valence-corrected chi connectivity index (χ2v) is 6.54. The third-order valence-electron chi connectivity index (χ3n) is 2.10. The van der Waals surface area contributed by atoms with Crippen molar-refractivity contribution in [1.29, 1.82) is 0 Å². The van der Waals surface area contributed by atoms with Crippen LogP contribution in [0.1, 0.15) is 20.8 Å². The maximum Gasteiger partial charge on any atom is 0.238 e. The van der Waals surface area contributed by atoms with Crippen LogP contribution in [0.3, 0.4) is 0 Å². The highest BCUT2D eigenvalue weighted by Gasteiger charge is 2.16. The fraction of sp³-hybridized carbons (Fsp3) is 0.333. The SMILES string of the molecule is CC(C)(C)Sc1nc(NN)nc2ccccc12. The summed E-state index contributed by atoms with van der Waals surface area (Å²) in [5.41, 5.74) is 3.41. The molecule has 17 heavy (non-hydrogen) atoms. The quantitative estimate of drug-likeness (QED) is 0.370. The third kappa shape index (κ3) is 2.87. The molecule has 1 aromatic heterocycles. The molecule has 0 unspecified atom stereocenters. The van der Waals surface area contributed by atoms with Crippen molar-refractivity contribution in [3.05, 3.63) is 24.3 Å². The van der Waals surface area contributed by atoms with Gasteiger partial charge < -0.3 is 0 Å². The van der Waals surface area contributed by atoms with Gasteiger partial charge in [0.1, 0.15) is 5.03 Å². The van der Waals surface area contributed by atoms with Gasteiger partial charge in [-0.3, -0.25) is 5.43 Å². The molecule has 5 heteroatoms. The van der Waals surface area contributed by atoms with Gasteiger partial charge in [0, 0.05) is 10.1 Å². The molecule has 1 heterocycles. The molecule has 0 amide bonds. The number of hydrazine groups is 1. The summed E-state index contributed by atoms with van der Waals surface area (Å²) in [6.07, 6.45) is 0. The second-order valence-electron chi connectivity index (χ2n) is 4.73. The molecule has 1 aromatic carbocycles. The van der Waals surface area contributed by atoms with Crippen LogP contribution in [0.4, 0.5) is 5.95 Å². The predicted octanol–water partition coefficient (Wildman–Crippen LogP) is 2.81. The number of nitrogen functional groups attached to an aromatic ring is 1. The van der Waals surface area contributed by atoms with Crippen LogP contribution in [0.15, 0.2) is 29.3 Å². The van der Waals surface area contributed by atoms with E-state index in [1.807, 2.05) is 24.3 Å². The Hall–Kier alpha value is -1.33. The van der Waals surface area contributed by atoms with Crippen LogP contribution in [0.25, 0.3) is 10.9 Å². The highest BCUT2D eigenvalue weighted by molar-refractivity contribution is 8.00.